The topological polar surface area (TPSA) is 55.1 Å². The predicted octanol–water partition coefficient (Wildman–Crippen LogP) is 2.22. The van der Waals surface area contributed by atoms with Gasteiger partial charge >= 0.3 is 0 Å². The Morgan fingerprint density at radius 3 is 2.76 bits per heavy atom. The summed E-state index contributed by atoms with van der Waals surface area (Å²) in [5.74, 6) is 0.589. The summed E-state index contributed by atoms with van der Waals surface area (Å²) in [7, 11) is 0. The van der Waals surface area contributed by atoms with Gasteiger partial charge in [-0.15, -0.1) is 0 Å². The van der Waals surface area contributed by atoms with Gasteiger partial charge in [0.1, 0.15) is 5.76 Å². The fourth-order valence-electron chi connectivity index (χ4n) is 1.58. The first-order valence-electron chi connectivity index (χ1n) is 5.41. The number of oxazole rings is 1. The molecule has 0 aliphatic rings. The van der Waals surface area contributed by atoms with Crippen molar-refractivity contribution in [2.75, 3.05) is 0 Å². The van der Waals surface area contributed by atoms with Crippen molar-refractivity contribution >= 4 is 5.91 Å². The quantitative estimate of drug-likeness (QED) is 0.879. The van der Waals surface area contributed by atoms with Crippen molar-refractivity contribution < 1.29 is 9.21 Å². The van der Waals surface area contributed by atoms with Crippen LogP contribution in [-0.4, -0.2) is 10.9 Å². The summed E-state index contributed by atoms with van der Waals surface area (Å²) < 4.78 is 5.15. The van der Waals surface area contributed by atoms with Gasteiger partial charge < -0.3 is 9.73 Å². The lowest BCUT2D eigenvalue weighted by Crippen LogP contribution is -2.23. The number of hydrogen-bond donors (Lipinski definition) is 1. The fraction of sp³-hybridized carbons (Fsp3) is 0.231. The van der Waals surface area contributed by atoms with Crippen LogP contribution < -0.4 is 5.32 Å². The van der Waals surface area contributed by atoms with Gasteiger partial charge in [-0.3, -0.25) is 4.79 Å². The second-order valence-corrected chi connectivity index (χ2v) is 3.86. The van der Waals surface area contributed by atoms with E-state index in [0.717, 1.165) is 11.3 Å². The zero-order valence-corrected chi connectivity index (χ0v) is 9.86. The average molecular weight is 230 g/mol. The summed E-state index contributed by atoms with van der Waals surface area (Å²) in [4.78, 5) is 15.9. The number of benzene rings is 1. The third-order valence-corrected chi connectivity index (χ3v) is 2.64. The van der Waals surface area contributed by atoms with E-state index in [2.05, 4.69) is 10.3 Å². The van der Waals surface area contributed by atoms with E-state index in [-0.39, 0.29) is 5.91 Å². The Hall–Kier alpha value is -2.10. The van der Waals surface area contributed by atoms with Crippen molar-refractivity contribution in [1.29, 1.82) is 0 Å². The van der Waals surface area contributed by atoms with Gasteiger partial charge in [-0.25, -0.2) is 4.98 Å². The standard InChI is InChI=1S/C13H14N2O2/c1-9-5-3-4-6-11(9)13(16)14-7-12-10(2)15-8-17-12/h3-6,8H,7H2,1-2H3,(H,14,16). The highest BCUT2D eigenvalue weighted by Gasteiger charge is 2.09. The summed E-state index contributed by atoms with van der Waals surface area (Å²) in [6.45, 7) is 4.12. The molecule has 0 saturated carbocycles. The molecule has 2 rings (SSSR count). The monoisotopic (exact) mass is 230 g/mol. The Bertz CT molecular complexity index is 532. The van der Waals surface area contributed by atoms with Crippen molar-refractivity contribution in [2.45, 2.75) is 20.4 Å². The Labute approximate surface area is 99.7 Å². The minimum Gasteiger partial charge on any atom is -0.446 e. The summed E-state index contributed by atoms with van der Waals surface area (Å²) in [6, 6.07) is 7.47. The first-order chi connectivity index (χ1) is 8.18. The van der Waals surface area contributed by atoms with E-state index in [1.165, 1.54) is 6.39 Å². The maximum atomic E-state index is 11.9. The number of carbonyl (C=O) groups is 1. The van der Waals surface area contributed by atoms with Crippen LogP contribution in [0.15, 0.2) is 35.1 Å². The number of nitrogens with zero attached hydrogens (tertiary/aromatic N) is 1. The number of aromatic nitrogens is 1. The summed E-state index contributed by atoms with van der Waals surface area (Å²) in [5, 5.41) is 2.81. The van der Waals surface area contributed by atoms with E-state index in [1.807, 2.05) is 32.0 Å². The Morgan fingerprint density at radius 1 is 1.35 bits per heavy atom. The van der Waals surface area contributed by atoms with Crippen LogP contribution in [0.3, 0.4) is 0 Å². The normalized spacial score (nSPS) is 10.2. The number of amides is 1. The third-order valence-electron chi connectivity index (χ3n) is 2.64. The molecule has 0 spiro atoms. The Balaban J connectivity index is 2.04. The van der Waals surface area contributed by atoms with Gasteiger partial charge in [0.25, 0.3) is 5.91 Å². The van der Waals surface area contributed by atoms with Gasteiger partial charge in [0, 0.05) is 5.56 Å². The minimum atomic E-state index is -0.0982. The van der Waals surface area contributed by atoms with Gasteiger partial charge in [0.2, 0.25) is 0 Å². The molecule has 88 valence electrons. The maximum Gasteiger partial charge on any atom is 0.251 e. The molecule has 4 nitrogen and oxygen atoms in total. The highest BCUT2D eigenvalue weighted by molar-refractivity contribution is 5.95. The number of hydrogen-bond acceptors (Lipinski definition) is 3. The van der Waals surface area contributed by atoms with Crippen LogP contribution in [0.1, 0.15) is 27.4 Å². The molecule has 1 aromatic heterocycles. The molecule has 0 radical (unpaired) electrons. The maximum absolute atomic E-state index is 11.9. The number of nitrogens with one attached hydrogen (secondary N) is 1. The molecule has 0 atom stereocenters. The van der Waals surface area contributed by atoms with Crippen LogP contribution in [0.25, 0.3) is 0 Å². The fourth-order valence-corrected chi connectivity index (χ4v) is 1.58. The molecule has 1 N–H and O–H groups in total. The Morgan fingerprint density at radius 2 is 2.12 bits per heavy atom. The van der Waals surface area contributed by atoms with Crippen molar-refractivity contribution in [3.63, 3.8) is 0 Å². The van der Waals surface area contributed by atoms with Gasteiger partial charge in [0.05, 0.1) is 12.2 Å². The van der Waals surface area contributed by atoms with E-state index in [4.69, 9.17) is 4.42 Å². The van der Waals surface area contributed by atoms with E-state index < -0.39 is 0 Å². The molecule has 2 aromatic rings. The molecule has 0 aliphatic heterocycles. The lowest BCUT2D eigenvalue weighted by atomic mass is 10.1. The van der Waals surface area contributed by atoms with E-state index in [0.29, 0.717) is 17.9 Å². The van der Waals surface area contributed by atoms with E-state index >= 15 is 0 Å². The largest absolute Gasteiger partial charge is 0.446 e. The minimum absolute atomic E-state index is 0.0982. The first-order valence-corrected chi connectivity index (χ1v) is 5.41. The average Bonchev–Trinajstić information content (AvgIpc) is 2.72. The molecule has 17 heavy (non-hydrogen) atoms. The SMILES string of the molecule is Cc1ccccc1C(=O)NCc1ocnc1C. The molecular weight excluding hydrogens is 216 g/mol. The molecule has 0 aliphatic carbocycles. The molecule has 1 heterocycles. The van der Waals surface area contributed by atoms with Crippen LogP contribution in [0.5, 0.6) is 0 Å². The van der Waals surface area contributed by atoms with Crippen molar-refractivity contribution in [3.05, 3.63) is 53.2 Å². The zero-order valence-electron chi connectivity index (χ0n) is 9.86. The molecule has 0 bridgehead atoms. The van der Waals surface area contributed by atoms with Crippen LogP contribution in [0, 0.1) is 13.8 Å². The van der Waals surface area contributed by atoms with Crippen LogP contribution in [0.4, 0.5) is 0 Å². The van der Waals surface area contributed by atoms with Crippen molar-refractivity contribution in [2.24, 2.45) is 0 Å². The highest BCUT2D eigenvalue weighted by atomic mass is 16.3. The van der Waals surface area contributed by atoms with Crippen LogP contribution in [0.2, 0.25) is 0 Å². The second-order valence-electron chi connectivity index (χ2n) is 3.86. The highest BCUT2D eigenvalue weighted by Crippen LogP contribution is 2.08. The van der Waals surface area contributed by atoms with E-state index in [9.17, 15) is 4.79 Å². The number of carbonyl (C=O) groups excluding carboxylic acids is 1. The zero-order chi connectivity index (χ0) is 12.3. The summed E-state index contributed by atoms with van der Waals surface area (Å²) in [5.41, 5.74) is 2.44. The predicted molar refractivity (Wildman–Crippen MR) is 63.6 cm³/mol. The lowest BCUT2D eigenvalue weighted by molar-refractivity contribution is 0.0947. The molecular formula is C13H14N2O2. The van der Waals surface area contributed by atoms with Crippen LogP contribution >= 0.6 is 0 Å². The molecule has 0 fully saturated rings. The molecule has 0 unspecified atom stereocenters. The first kappa shape index (κ1) is 11.4. The molecule has 1 aromatic carbocycles. The lowest BCUT2D eigenvalue weighted by Gasteiger charge is -2.06. The van der Waals surface area contributed by atoms with Gasteiger partial charge in [-0.2, -0.15) is 0 Å². The van der Waals surface area contributed by atoms with Crippen molar-refractivity contribution in [3.8, 4) is 0 Å². The Kier molecular flexibility index (Phi) is 3.23. The molecule has 1 amide bonds. The number of rotatable bonds is 3. The van der Waals surface area contributed by atoms with Gasteiger partial charge in [0.15, 0.2) is 6.39 Å². The molecule has 4 heteroatoms. The summed E-state index contributed by atoms with van der Waals surface area (Å²) >= 11 is 0. The van der Waals surface area contributed by atoms with Crippen molar-refractivity contribution in [1.82, 2.24) is 10.3 Å². The smallest absolute Gasteiger partial charge is 0.251 e. The van der Waals surface area contributed by atoms with E-state index in [1.54, 1.807) is 6.07 Å². The molecule has 0 saturated heterocycles. The van der Waals surface area contributed by atoms with Crippen LogP contribution in [-0.2, 0) is 6.54 Å². The van der Waals surface area contributed by atoms with Gasteiger partial charge in [-0.05, 0) is 25.5 Å². The third kappa shape index (κ3) is 2.53. The summed E-state index contributed by atoms with van der Waals surface area (Å²) in [6.07, 6.45) is 1.38. The number of aryl methyl sites for hydroxylation is 2. The second kappa shape index (κ2) is 4.82. The van der Waals surface area contributed by atoms with Gasteiger partial charge in [-0.1, -0.05) is 18.2 Å².